The van der Waals surface area contributed by atoms with Crippen LogP contribution in [-0.2, 0) is 13.6 Å². The first kappa shape index (κ1) is 36.8. The third kappa shape index (κ3) is 9.39. The van der Waals surface area contributed by atoms with E-state index >= 15 is 0 Å². The van der Waals surface area contributed by atoms with Crippen LogP contribution in [0.3, 0.4) is 0 Å². The van der Waals surface area contributed by atoms with Crippen molar-refractivity contribution in [3.63, 3.8) is 0 Å². The lowest BCUT2D eigenvalue weighted by Gasteiger charge is -2.43. The Kier molecular flexibility index (Phi) is 12.4. The fourth-order valence-corrected chi connectivity index (χ4v) is 6.37. The van der Waals surface area contributed by atoms with Crippen LogP contribution in [0.15, 0.2) is 24.3 Å². The lowest BCUT2D eigenvalue weighted by molar-refractivity contribution is -0.385. The summed E-state index contributed by atoms with van der Waals surface area (Å²) < 4.78 is 29.9. The summed E-state index contributed by atoms with van der Waals surface area (Å²) >= 11 is 0. The lowest BCUT2D eigenvalue weighted by Crippen LogP contribution is -2.48. The van der Waals surface area contributed by atoms with E-state index in [0.717, 1.165) is 0 Å². The van der Waals surface area contributed by atoms with Crippen molar-refractivity contribution >= 4 is 28.3 Å². The van der Waals surface area contributed by atoms with Crippen molar-refractivity contribution in [3.05, 3.63) is 40.0 Å². The van der Waals surface area contributed by atoms with Crippen LogP contribution in [0.1, 0.15) is 72.2 Å². The lowest BCUT2D eigenvalue weighted by atomic mass is 9.92. The van der Waals surface area contributed by atoms with Gasteiger partial charge in [0.05, 0.1) is 31.3 Å². The maximum atomic E-state index is 13.5. The van der Waals surface area contributed by atoms with Gasteiger partial charge in [0, 0.05) is 12.5 Å². The molecule has 234 valence electrons. The van der Waals surface area contributed by atoms with Gasteiger partial charge in [0.2, 0.25) is 5.75 Å². The highest BCUT2D eigenvalue weighted by Crippen LogP contribution is 2.41. The second-order valence-electron chi connectivity index (χ2n) is 13.8. The Morgan fingerprint density at radius 2 is 1.54 bits per heavy atom. The van der Waals surface area contributed by atoms with E-state index in [1.165, 1.54) is 26.4 Å². The van der Waals surface area contributed by atoms with Crippen LogP contribution in [0.5, 0.6) is 11.5 Å². The zero-order chi connectivity index (χ0) is 32.1. The van der Waals surface area contributed by atoms with E-state index < -0.39 is 33.6 Å². The molecule has 0 aromatic heterocycles. The van der Waals surface area contributed by atoms with Crippen molar-refractivity contribution in [2.24, 2.45) is 5.92 Å². The third-order valence-electron chi connectivity index (χ3n) is 8.61. The molecule has 1 aromatic carbocycles. The second kappa shape index (κ2) is 13.8. The summed E-state index contributed by atoms with van der Waals surface area (Å²) in [5.41, 5.74) is 0.150. The number of nitro benzene ring substituents is 1. The number of hydrogen-bond acceptors (Lipinski definition) is 8. The van der Waals surface area contributed by atoms with Gasteiger partial charge < -0.3 is 23.1 Å². The minimum absolute atomic E-state index is 0.0342. The smallest absolute Gasteiger partial charge is 0.342 e. The first-order valence-corrected chi connectivity index (χ1v) is 19.9. The van der Waals surface area contributed by atoms with Gasteiger partial charge in [-0.25, -0.2) is 4.79 Å². The van der Waals surface area contributed by atoms with E-state index in [2.05, 4.69) is 74.3 Å². The Labute approximate surface area is 249 Å². The molecule has 9 nitrogen and oxygen atoms in total. The number of esters is 1. The minimum atomic E-state index is -2.22. The van der Waals surface area contributed by atoms with Crippen molar-refractivity contribution in [2.75, 3.05) is 20.8 Å². The SMILES string of the molecule is C=C(C)[C@H](OC(=O)c1cc(OC)cc([N+](=O)[O-])c1OC)[C@H](C)[C@H](CCO[Si](C)(C)C(C)(C)C)O[Si](C)(C)C(C)(C)C. The van der Waals surface area contributed by atoms with Gasteiger partial charge in [0.15, 0.2) is 16.6 Å². The summed E-state index contributed by atoms with van der Waals surface area (Å²) in [5.74, 6) is -1.09. The number of carbonyl (C=O) groups is 1. The zero-order valence-corrected chi connectivity index (χ0v) is 29.7. The molecule has 0 radical (unpaired) electrons. The van der Waals surface area contributed by atoms with E-state index in [0.29, 0.717) is 18.6 Å². The number of ether oxygens (including phenoxy) is 3. The maximum Gasteiger partial charge on any atom is 0.342 e. The Balaban J connectivity index is 3.45. The molecule has 0 N–H and O–H groups in total. The van der Waals surface area contributed by atoms with Crippen molar-refractivity contribution < 1.29 is 32.8 Å². The molecule has 0 aliphatic rings. The normalized spacial score (nSPS) is 15.1. The number of carbonyl (C=O) groups excluding carboxylic acids is 1. The highest BCUT2D eigenvalue weighted by molar-refractivity contribution is 6.74. The minimum Gasteiger partial charge on any atom is -0.496 e. The molecule has 0 saturated carbocycles. The van der Waals surface area contributed by atoms with Crippen LogP contribution in [0, 0.1) is 16.0 Å². The maximum absolute atomic E-state index is 13.5. The quantitative estimate of drug-likeness (QED) is 0.0682. The largest absolute Gasteiger partial charge is 0.496 e. The number of hydrogen-bond donors (Lipinski definition) is 0. The first-order valence-electron chi connectivity index (χ1n) is 14.1. The van der Waals surface area contributed by atoms with Gasteiger partial charge in [-0.15, -0.1) is 0 Å². The number of nitrogens with zero attached hydrogens (tertiary/aromatic N) is 1. The molecule has 0 amide bonds. The van der Waals surface area contributed by atoms with E-state index in [-0.39, 0.29) is 44.8 Å². The molecule has 1 rings (SSSR count). The van der Waals surface area contributed by atoms with E-state index in [9.17, 15) is 14.9 Å². The van der Waals surface area contributed by atoms with Crippen LogP contribution in [-0.4, -0.2) is 60.6 Å². The summed E-state index contributed by atoms with van der Waals surface area (Å²) in [6.07, 6.45) is -0.382. The second-order valence-corrected chi connectivity index (χ2v) is 23.4. The van der Waals surface area contributed by atoms with Crippen molar-refractivity contribution in [3.8, 4) is 11.5 Å². The van der Waals surface area contributed by atoms with Crippen molar-refractivity contribution in [1.29, 1.82) is 0 Å². The number of methoxy groups -OCH3 is 2. The first-order chi connectivity index (χ1) is 18.5. The molecule has 0 spiro atoms. The van der Waals surface area contributed by atoms with Gasteiger partial charge in [-0.1, -0.05) is 55.0 Å². The number of rotatable bonds is 14. The highest BCUT2D eigenvalue weighted by atomic mass is 28.4. The molecule has 0 aliphatic carbocycles. The van der Waals surface area contributed by atoms with E-state index in [4.69, 9.17) is 23.1 Å². The molecule has 0 heterocycles. The fourth-order valence-electron chi connectivity index (χ4n) is 3.87. The van der Waals surface area contributed by atoms with Crippen LogP contribution >= 0.6 is 0 Å². The summed E-state index contributed by atoms with van der Waals surface area (Å²) in [5, 5.41) is 11.7. The molecule has 0 aliphatic heterocycles. The van der Waals surface area contributed by atoms with Crippen LogP contribution in [0.4, 0.5) is 5.69 Å². The Morgan fingerprint density at radius 3 is 1.95 bits per heavy atom. The van der Waals surface area contributed by atoms with Crippen molar-refractivity contribution in [2.45, 2.75) is 110 Å². The molecular weight excluding hydrogens is 559 g/mol. The number of benzene rings is 1. The Hall–Kier alpha value is -2.22. The Bertz CT molecular complexity index is 1090. The van der Waals surface area contributed by atoms with Gasteiger partial charge in [0.1, 0.15) is 17.4 Å². The van der Waals surface area contributed by atoms with Gasteiger partial charge in [-0.3, -0.25) is 10.1 Å². The molecule has 11 heteroatoms. The van der Waals surface area contributed by atoms with Gasteiger partial charge in [0.25, 0.3) is 0 Å². The molecule has 0 saturated heterocycles. The molecule has 41 heavy (non-hydrogen) atoms. The Morgan fingerprint density at radius 1 is 1.00 bits per heavy atom. The zero-order valence-electron chi connectivity index (χ0n) is 27.7. The average Bonchev–Trinajstić information content (AvgIpc) is 2.83. The van der Waals surface area contributed by atoms with Crippen LogP contribution in [0.2, 0.25) is 36.3 Å². The summed E-state index contributed by atoms with van der Waals surface area (Å²) in [6, 6.07) is 2.59. The molecular formula is C30H53NO8Si2. The van der Waals surface area contributed by atoms with E-state index in [1.807, 2.05) is 6.92 Å². The van der Waals surface area contributed by atoms with E-state index in [1.54, 1.807) is 6.92 Å². The summed E-state index contributed by atoms with van der Waals surface area (Å²) in [7, 11) is -1.56. The summed E-state index contributed by atoms with van der Waals surface area (Å²) in [6.45, 7) is 30.4. The highest BCUT2D eigenvalue weighted by Gasteiger charge is 2.43. The number of nitro groups is 1. The molecule has 3 atom stereocenters. The average molecular weight is 612 g/mol. The summed E-state index contributed by atoms with van der Waals surface area (Å²) in [4.78, 5) is 24.6. The van der Waals surface area contributed by atoms with Crippen LogP contribution in [0.25, 0.3) is 0 Å². The van der Waals surface area contributed by atoms with Gasteiger partial charge >= 0.3 is 11.7 Å². The standard InChI is InChI=1S/C30H53NO8Si2/c1-20(2)26(38-28(32)23-18-22(35-10)19-24(31(33)34)27(23)36-11)21(3)25(39-41(14,15)30(7,8)9)16-17-37-40(12,13)29(4,5)6/h18-19,21,25-26H,1,16-17H2,2-15H3/t21-,25+,26+/m1/s1. The molecule has 0 bridgehead atoms. The topological polar surface area (TPSA) is 106 Å². The van der Waals surface area contributed by atoms with Gasteiger partial charge in [-0.05, 0) is 61.2 Å². The molecule has 0 fully saturated rings. The monoisotopic (exact) mass is 611 g/mol. The predicted molar refractivity (Wildman–Crippen MR) is 169 cm³/mol. The fraction of sp³-hybridized carbons (Fsp3) is 0.700. The van der Waals surface area contributed by atoms with Crippen molar-refractivity contribution in [1.82, 2.24) is 0 Å². The van der Waals surface area contributed by atoms with Crippen LogP contribution < -0.4 is 9.47 Å². The molecule has 0 unspecified atom stereocenters. The van der Waals surface area contributed by atoms with Gasteiger partial charge in [-0.2, -0.15) is 0 Å². The predicted octanol–water partition coefficient (Wildman–Crippen LogP) is 8.15. The third-order valence-corrected chi connectivity index (χ3v) is 17.6. The molecule has 1 aromatic rings.